The average Bonchev–Trinajstić information content (AvgIpc) is 3.48. The van der Waals surface area contributed by atoms with Gasteiger partial charge in [-0.1, -0.05) is 6.07 Å². The summed E-state index contributed by atoms with van der Waals surface area (Å²) >= 11 is 0. The molecule has 1 saturated heterocycles. The summed E-state index contributed by atoms with van der Waals surface area (Å²) < 4.78 is 49.0. The molecular weight excluding hydrogens is 447 g/mol. The van der Waals surface area contributed by atoms with Gasteiger partial charge in [0.2, 0.25) is 5.95 Å². The van der Waals surface area contributed by atoms with Gasteiger partial charge in [-0.05, 0) is 58.4 Å². The van der Waals surface area contributed by atoms with Crippen LogP contribution in [0, 0.1) is 29.3 Å². The molecule has 34 heavy (non-hydrogen) atoms. The summed E-state index contributed by atoms with van der Waals surface area (Å²) in [5, 5.41) is 8.05. The molecule has 2 aliphatic heterocycles. The van der Waals surface area contributed by atoms with E-state index in [0.717, 1.165) is 25.3 Å². The highest BCUT2D eigenvalue weighted by Gasteiger charge is 2.45. The molecule has 2 aromatic rings. The van der Waals surface area contributed by atoms with Crippen LogP contribution < -0.4 is 5.32 Å². The summed E-state index contributed by atoms with van der Waals surface area (Å²) in [5.74, 6) is -2.54. The Hall–Kier alpha value is -2.78. The first kappa shape index (κ1) is 23.0. The first-order valence-electron chi connectivity index (χ1n) is 11.9. The van der Waals surface area contributed by atoms with Crippen LogP contribution >= 0.6 is 0 Å². The smallest absolute Gasteiger partial charge is 0.410 e. The second kappa shape index (κ2) is 8.46. The quantitative estimate of drug-likeness (QED) is 0.597. The van der Waals surface area contributed by atoms with Gasteiger partial charge in [0.15, 0.2) is 17.5 Å². The Balaban J connectivity index is 0.00000180. The lowest BCUT2D eigenvalue weighted by Gasteiger charge is -2.43. The molecule has 1 aromatic carbocycles. The van der Waals surface area contributed by atoms with Crippen LogP contribution in [0.4, 0.5) is 23.9 Å². The zero-order chi connectivity index (χ0) is 24.2. The number of likely N-dealkylation sites (tertiary alicyclic amines) is 1. The Morgan fingerprint density at radius 3 is 2.56 bits per heavy atom. The van der Waals surface area contributed by atoms with Crippen LogP contribution in [-0.4, -0.2) is 50.5 Å². The maximum atomic E-state index is 14.5. The fourth-order valence-electron chi connectivity index (χ4n) is 4.96. The topological polar surface area (TPSA) is 72.3 Å². The molecule has 1 saturated carbocycles. The standard InChI is InChI=1S/C24H30F3N5O2.2H2/c1-24(2,3)34-23(33)31-11-14(12-31)20(13-6-7-13)28-22-29-21-16(5-4-10-32(21)30-22)15-8-9-17(25)19(27)18(15)26;;/h8-9,13-14,16,20H,4-7,10-12H2,1-3H3,(H,28,30);2*1H/t16?,20-;;/m1../s1. The van der Waals surface area contributed by atoms with Crippen molar-refractivity contribution >= 4 is 12.0 Å². The summed E-state index contributed by atoms with van der Waals surface area (Å²) in [7, 11) is 0. The highest BCUT2D eigenvalue weighted by atomic mass is 19.2. The van der Waals surface area contributed by atoms with Crippen LogP contribution in [0.1, 0.15) is 66.6 Å². The third kappa shape index (κ3) is 4.46. The molecule has 0 bridgehead atoms. The SMILES string of the molecule is CC(C)(C)OC(=O)N1CC([C@H](Nc2nc3n(n2)CCCC3c2ccc(F)c(F)c2F)C2CC2)C1.[HH].[HH]. The van der Waals surface area contributed by atoms with Gasteiger partial charge in [-0.25, -0.2) is 22.6 Å². The van der Waals surface area contributed by atoms with Crippen molar-refractivity contribution in [2.45, 2.75) is 70.6 Å². The number of amides is 1. The summed E-state index contributed by atoms with van der Waals surface area (Å²) in [6, 6.07) is 2.38. The first-order chi connectivity index (χ1) is 16.1. The van der Waals surface area contributed by atoms with E-state index >= 15 is 0 Å². The van der Waals surface area contributed by atoms with Gasteiger partial charge < -0.3 is 15.0 Å². The Morgan fingerprint density at radius 2 is 1.88 bits per heavy atom. The van der Waals surface area contributed by atoms with Crippen LogP contribution in [0.5, 0.6) is 0 Å². The minimum absolute atomic E-state index is 0. The number of carbonyl (C=O) groups excluding carboxylic acids is 1. The molecule has 1 aliphatic carbocycles. The van der Waals surface area contributed by atoms with Gasteiger partial charge in [-0.2, -0.15) is 4.98 Å². The minimum atomic E-state index is -1.46. The molecule has 1 N–H and O–H groups in total. The van der Waals surface area contributed by atoms with Crippen LogP contribution in [0.2, 0.25) is 0 Å². The monoisotopic (exact) mass is 481 g/mol. The number of fused-ring (bicyclic) bond motifs is 1. The van der Waals surface area contributed by atoms with Crippen molar-refractivity contribution in [3.63, 3.8) is 0 Å². The van der Waals surface area contributed by atoms with Gasteiger partial charge in [-0.3, -0.25) is 0 Å². The van der Waals surface area contributed by atoms with E-state index in [4.69, 9.17) is 4.74 Å². The first-order valence-corrected chi connectivity index (χ1v) is 11.9. The van der Waals surface area contributed by atoms with Crippen molar-refractivity contribution in [3.05, 3.63) is 41.0 Å². The number of aryl methyl sites for hydroxylation is 1. The van der Waals surface area contributed by atoms with Gasteiger partial charge in [0.05, 0.1) is 0 Å². The summed E-state index contributed by atoms with van der Waals surface area (Å²) in [6.07, 6.45) is 3.23. The van der Waals surface area contributed by atoms with Crippen molar-refractivity contribution in [1.29, 1.82) is 0 Å². The lowest BCUT2D eigenvalue weighted by molar-refractivity contribution is -0.00464. The predicted molar refractivity (Wildman–Crippen MR) is 123 cm³/mol. The third-order valence-electron chi connectivity index (χ3n) is 6.81. The number of ether oxygens (including phenoxy) is 1. The second-order valence-electron chi connectivity index (χ2n) is 10.6. The van der Waals surface area contributed by atoms with Crippen molar-refractivity contribution < 1.29 is 25.6 Å². The highest BCUT2D eigenvalue weighted by Crippen LogP contribution is 2.41. The molecule has 5 rings (SSSR count). The van der Waals surface area contributed by atoms with Gasteiger partial charge in [0, 0.05) is 45.9 Å². The van der Waals surface area contributed by atoms with Crippen LogP contribution in [0.3, 0.4) is 0 Å². The summed E-state index contributed by atoms with van der Waals surface area (Å²) in [4.78, 5) is 18.7. The Labute approximate surface area is 199 Å². The zero-order valence-electron chi connectivity index (χ0n) is 19.7. The van der Waals surface area contributed by atoms with E-state index < -0.39 is 29.0 Å². The zero-order valence-corrected chi connectivity index (χ0v) is 19.7. The third-order valence-corrected chi connectivity index (χ3v) is 6.81. The minimum Gasteiger partial charge on any atom is -0.444 e. The van der Waals surface area contributed by atoms with Crippen molar-refractivity contribution in [3.8, 4) is 0 Å². The molecule has 1 aromatic heterocycles. The molecule has 3 aliphatic rings. The number of nitrogens with one attached hydrogen (secondary N) is 1. The average molecular weight is 482 g/mol. The molecule has 0 spiro atoms. The number of nitrogens with zero attached hydrogens (tertiary/aromatic N) is 4. The fourth-order valence-corrected chi connectivity index (χ4v) is 4.96. The molecule has 3 heterocycles. The number of hydrogen-bond acceptors (Lipinski definition) is 5. The number of benzene rings is 1. The lowest BCUT2D eigenvalue weighted by Crippen LogP contribution is -2.57. The number of halogens is 3. The van der Waals surface area contributed by atoms with E-state index in [1.807, 2.05) is 20.8 Å². The fraction of sp³-hybridized carbons (Fsp3) is 0.625. The molecule has 10 heteroatoms. The Kier molecular flexibility index (Phi) is 5.72. The molecule has 7 nitrogen and oxygen atoms in total. The van der Waals surface area contributed by atoms with Crippen molar-refractivity contribution in [2.24, 2.45) is 11.8 Å². The van der Waals surface area contributed by atoms with E-state index in [2.05, 4.69) is 15.4 Å². The number of anilines is 1. The number of rotatable bonds is 5. The van der Waals surface area contributed by atoms with E-state index in [0.29, 0.717) is 43.7 Å². The maximum Gasteiger partial charge on any atom is 0.410 e. The summed E-state index contributed by atoms with van der Waals surface area (Å²) in [5.41, 5.74) is -0.427. The predicted octanol–water partition coefficient (Wildman–Crippen LogP) is 5.17. The van der Waals surface area contributed by atoms with Crippen molar-refractivity contribution in [2.75, 3.05) is 18.4 Å². The van der Waals surface area contributed by atoms with Crippen LogP contribution in [0.15, 0.2) is 12.1 Å². The van der Waals surface area contributed by atoms with E-state index in [1.165, 1.54) is 6.07 Å². The molecule has 2 atom stereocenters. The summed E-state index contributed by atoms with van der Waals surface area (Å²) in [6.45, 7) is 7.40. The second-order valence-corrected chi connectivity index (χ2v) is 10.6. The van der Waals surface area contributed by atoms with E-state index in [1.54, 1.807) is 9.58 Å². The Morgan fingerprint density at radius 1 is 1.15 bits per heavy atom. The molecule has 2 fully saturated rings. The molecule has 1 unspecified atom stereocenters. The van der Waals surface area contributed by atoms with Crippen molar-refractivity contribution in [1.82, 2.24) is 19.7 Å². The highest BCUT2D eigenvalue weighted by molar-refractivity contribution is 5.69. The van der Waals surface area contributed by atoms with Gasteiger partial charge >= 0.3 is 6.09 Å². The molecular formula is C24H34F3N5O2. The molecule has 0 radical (unpaired) electrons. The van der Waals surface area contributed by atoms with E-state index in [9.17, 15) is 18.0 Å². The molecule has 1 amide bonds. The van der Waals surface area contributed by atoms with Crippen LogP contribution in [0.25, 0.3) is 0 Å². The lowest BCUT2D eigenvalue weighted by atomic mass is 9.88. The Bertz CT molecular complexity index is 1100. The van der Waals surface area contributed by atoms with Crippen LogP contribution in [-0.2, 0) is 11.3 Å². The maximum absolute atomic E-state index is 14.5. The van der Waals surface area contributed by atoms with Gasteiger partial charge in [0.1, 0.15) is 11.4 Å². The normalized spacial score (nSPS) is 21.6. The van der Waals surface area contributed by atoms with Gasteiger partial charge in [0.25, 0.3) is 0 Å². The van der Waals surface area contributed by atoms with Gasteiger partial charge in [-0.15, -0.1) is 5.10 Å². The number of hydrogen-bond donors (Lipinski definition) is 1. The molecule has 188 valence electrons. The number of aromatic nitrogens is 3. The number of carbonyl (C=O) groups is 1. The van der Waals surface area contributed by atoms with E-state index in [-0.39, 0.29) is 26.5 Å². The largest absolute Gasteiger partial charge is 0.444 e.